The number of nitrogens with one attached hydrogen (secondary N) is 2. The van der Waals surface area contributed by atoms with Gasteiger partial charge in [0.15, 0.2) is 17.3 Å². The molecule has 2 heterocycles. The summed E-state index contributed by atoms with van der Waals surface area (Å²) in [6.45, 7) is 1.60. The van der Waals surface area contributed by atoms with Gasteiger partial charge in [-0.3, -0.25) is 9.59 Å². The van der Waals surface area contributed by atoms with Crippen molar-refractivity contribution in [3.8, 4) is 23.0 Å². The maximum Gasteiger partial charge on any atom is 0.227 e. The first-order valence-corrected chi connectivity index (χ1v) is 12.5. The first-order valence-electron chi connectivity index (χ1n) is 12.5. The predicted octanol–water partition coefficient (Wildman–Crippen LogP) is 4.57. The zero-order valence-corrected chi connectivity index (χ0v) is 21.5. The summed E-state index contributed by atoms with van der Waals surface area (Å²) in [6, 6.07) is 11.5. The molecule has 1 aliphatic carbocycles. The van der Waals surface area contributed by atoms with E-state index in [1.54, 1.807) is 26.2 Å². The van der Waals surface area contributed by atoms with Crippen LogP contribution in [0.15, 0.2) is 51.7 Å². The van der Waals surface area contributed by atoms with Crippen LogP contribution in [0.3, 0.4) is 0 Å². The number of methoxy groups -OCH3 is 2. The number of carbonyl (C=O) groups is 1. The smallest absolute Gasteiger partial charge is 0.227 e. The van der Waals surface area contributed by atoms with Crippen LogP contribution in [0.5, 0.6) is 23.0 Å². The molecule has 9 heteroatoms. The van der Waals surface area contributed by atoms with E-state index < -0.39 is 17.1 Å². The van der Waals surface area contributed by atoms with Gasteiger partial charge in [-0.05, 0) is 67.6 Å². The molecule has 2 aromatic heterocycles. The highest BCUT2D eigenvalue weighted by Crippen LogP contribution is 2.39. The lowest BCUT2D eigenvalue weighted by Crippen LogP contribution is -2.32. The molecule has 0 saturated heterocycles. The Morgan fingerprint density at radius 3 is 2.74 bits per heavy atom. The van der Waals surface area contributed by atoms with E-state index in [1.165, 1.54) is 19.2 Å². The van der Waals surface area contributed by atoms with E-state index in [4.69, 9.17) is 13.9 Å². The highest BCUT2D eigenvalue weighted by Gasteiger charge is 2.30. The number of aromatic amines is 1. The van der Waals surface area contributed by atoms with Crippen molar-refractivity contribution in [1.82, 2.24) is 10.3 Å². The Morgan fingerprint density at radius 2 is 1.97 bits per heavy atom. The zero-order valence-electron chi connectivity index (χ0n) is 21.5. The van der Waals surface area contributed by atoms with Gasteiger partial charge in [0.2, 0.25) is 17.1 Å². The number of amides is 1. The summed E-state index contributed by atoms with van der Waals surface area (Å²) in [5.41, 5.74) is 3.07. The van der Waals surface area contributed by atoms with Crippen molar-refractivity contribution in [2.75, 3.05) is 14.2 Å². The van der Waals surface area contributed by atoms with Crippen LogP contribution in [0.1, 0.15) is 59.6 Å². The summed E-state index contributed by atoms with van der Waals surface area (Å²) in [5, 5.41) is 24.9. The number of aromatic hydroxyl groups is 2. The number of benzene rings is 2. The number of ether oxygens (including phenoxy) is 2. The summed E-state index contributed by atoms with van der Waals surface area (Å²) in [7, 11) is 3.05. The molecule has 1 aliphatic rings. The van der Waals surface area contributed by atoms with E-state index >= 15 is 0 Å². The van der Waals surface area contributed by atoms with Gasteiger partial charge in [-0.15, -0.1) is 0 Å². The Kier molecular flexibility index (Phi) is 6.75. The maximum atomic E-state index is 13.5. The molecule has 0 spiro atoms. The topological polar surface area (TPSA) is 134 Å². The predicted molar refractivity (Wildman–Crippen MR) is 141 cm³/mol. The molecule has 9 nitrogen and oxygen atoms in total. The van der Waals surface area contributed by atoms with Crippen molar-refractivity contribution < 1.29 is 28.9 Å². The number of phenolic OH excluding ortho intramolecular Hbond substituents is 1. The molecule has 5 rings (SSSR count). The Balaban J connectivity index is 1.47. The maximum absolute atomic E-state index is 13.5. The van der Waals surface area contributed by atoms with E-state index in [9.17, 15) is 19.8 Å². The molecule has 4 aromatic rings. The molecule has 2 unspecified atom stereocenters. The van der Waals surface area contributed by atoms with Crippen molar-refractivity contribution in [2.24, 2.45) is 0 Å². The van der Waals surface area contributed by atoms with Gasteiger partial charge >= 0.3 is 0 Å². The van der Waals surface area contributed by atoms with Crippen molar-refractivity contribution in [3.05, 3.63) is 81.0 Å². The molecule has 0 aliphatic heterocycles. The molecule has 2 aromatic carbocycles. The minimum absolute atomic E-state index is 0.0140. The van der Waals surface area contributed by atoms with Gasteiger partial charge in [-0.25, -0.2) is 0 Å². The molecule has 1 amide bonds. The molecule has 198 valence electrons. The second-order valence-electron chi connectivity index (χ2n) is 9.56. The number of phenols is 1. The molecule has 0 radical (unpaired) electrons. The number of fused-ring (bicyclic) bond motifs is 3. The van der Waals surface area contributed by atoms with Crippen LogP contribution in [0.25, 0.3) is 10.9 Å². The van der Waals surface area contributed by atoms with Gasteiger partial charge in [-0.2, -0.15) is 0 Å². The van der Waals surface area contributed by atoms with Gasteiger partial charge in [-0.1, -0.05) is 6.07 Å². The molecule has 0 saturated carbocycles. The third kappa shape index (κ3) is 4.67. The fourth-order valence-corrected chi connectivity index (χ4v) is 5.29. The van der Waals surface area contributed by atoms with Crippen molar-refractivity contribution in [2.45, 2.75) is 44.6 Å². The number of rotatable bonds is 7. The van der Waals surface area contributed by atoms with Crippen LogP contribution >= 0.6 is 0 Å². The second-order valence-corrected chi connectivity index (χ2v) is 9.56. The highest BCUT2D eigenvalue weighted by atomic mass is 16.5. The van der Waals surface area contributed by atoms with E-state index in [1.807, 2.05) is 18.2 Å². The van der Waals surface area contributed by atoms with Crippen LogP contribution in [0, 0.1) is 6.92 Å². The van der Waals surface area contributed by atoms with Gasteiger partial charge in [0.05, 0.1) is 26.2 Å². The largest absolute Gasteiger partial charge is 0.504 e. The zero-order chi connectivity index (χ0) is 27.0. The molecule has 2 atom stereocenters. The van der Waals surface area contributed by atoms with Gasteiger partial charge in [0.1, 0.15) is 11.5 Å². The standard InChI is InChI=1S/C29H30N2O7/c1-15-11-24(33)28(35)29(38-15)19(16-7-10-23(32)25(12-16)37-3)14-26(34)30-22-6-4-5-18-20-13-17(36-2)8-9-21(20)31-27(18)22/h7-13,19,22,31-32,35H,4-6,14H2,1-3H3,(H,30,34). The summed E-state index contributed by atoms with van der Waals surface area (Å²) >= 11 is 0. The molecule has 4 N–H and O–H groups in total. The quantitative estimate of drug-likeness (QED) is 0.281. The summed E-state index contributed by atoms with van der Waals surface area (Å²) in [5.74, 6) is -0.425. The van der Waals surface area contributed by atoms with Crippen molar-refractivity contribution in [1.29, 1.82) is 0 Å². The number of aromatic nitrogens is 1. The lowest BCUT2D eigenvalue weighted by molar-refractivity contribution is -0.122. The highest BCUT2D eigenvalue weighted by molar-refractivity contribution is 5.87. The minimum atomic E-state index is -0.799. The second kappa shape index (κ2) is 10.2. The fourth-order valence-electron chi connectivity index (χ4n) is 5.29. The monoisotopic (exact) mass is 518 g/mol. The Morgan fingerprint density at radius 1 is 1.16 bits per heavy atom. The van der Waals surface area contributed by atoms with Crippen LogP contribution in [0.4, 0.5) is 0 Å². The molecular weight excluding hydrogens is 488 g/mol. The normalized spacial score (nSPS) is 15.6. The molecule has 38 heavy (non-hydrogen) atoms. The number of H-pyrrole nitrogens is 1. The number of carbonyl (C=O) groups excluding carboxylic acids is 1. The average Bonchev–Trinajstić information content (AvgIpc) is 3.29. The minimum Gasteiger partial charge on any atom is -0.504 e. The Bertz CT molecular complexity index is 1570. The van der Waals surface area contributed by atoms with Crippen LogP contribution in [-0.4, -0.2) is 35.3 Å². The lowest BCUT2D eigenvalue weighted by atomic mass is 9.89. The van der Waals surface area contributed by atoms with Crippen LogP contribution in [-0.2, 0) is 11.2 Å². The van der Waals surface area contributed by atoms with E-state index in [-0.39, 0.29) is 35.6 Å². The van der Waals surface area contributed by atoms with Gasteiger partial charge < -0.3 is 34.4 Å². The van der Waals surface area contributed by atoms with Gasteiger partial charge in [0.25, 0.3) is 0 Å². The lowest BCUT2D eigenvalue weighted by Gasteiger charge is -2.25. The number of aryl methyl sites for hydroxylation is 2. The van der Waals surface area contributed by atoms with Gasteiger partial charge in [0, 0.05) is 29.1 Å². The molecule has 0 bridgehead atoms. The Labute approximate surface area is 219 Å². The van der Waals surface area contributed by atoms with Crippen molar-refractivity contribution in [3.63, 3.8) is 0 Å². The summed E-state index contributed by atoms with van der Waals surface area (Å²) < 4.78 is 16.4. The average molecular weight is 519 g/mol. The number of hydrogen-bond donors (Lipinski definition) is 4. The fraction of sp³-hybridized carbons (Fsp3) is 0.310. The third-order valence-corrected chi connectivity index (χ3v) is 7.13. The van der Waals surface area contributed by atoms with E-state index in [0.29, 0.717) is 11.3 Å². The van der Waals surface area contributed by atoms with Crippen molar-refractivity contribution >= 4 is 16.8 Å². The summed E-state index contributed by atoms with van der Waals surface area (Å²) in [4.78, 5) is 29.3. The third-order valence-electron chi connectivity index (χ3n) is 7.13. The summed E-state index contributed by atoms with van der Waals surface area (Å²) in [6.07, 6.45) is 2.47. The molecule has 0 fully saturated rings. The Hall–Kier alpha value is -4.40. The van der Waals surface area contributed by atoms with Crippen LogP contribution in [0.2, 0.25) is 0 Å². The molecular formula is C29H30N2O7. The first-order chi connectivity index (χ1) is 18.3. The van der Waals surface area contributed by atoms with Crippen LogP contribution < -0.4 is 20.2 Å². The van der Waals surface area contributed by atoms with E-state index in [2.05, 4.69) is 10.3 Å². The van der Waals surface area contributed by atoms with E-state index in [0.717, 1.165) is 47.2 Å². The SMILES string of the molecule is COc1ccc2[nH]c3c(c2c1)CCCC3NC(=O)CC(c1ccc(O)c(OC)c1)c1oc(C)cc(=O)c1O. The first kappa shape index (κ1) is 25.3. The number of hydrogen-bond acceptors (Lipinski definition) is 7.